The number of nitrogens with zero attached hydrogens (tertiary/aromatic N) is 2. The van der Waals surface area contributed by atoms with Gasteiger partial charge in [0.2, 0.25) is 0 Å². The summed E-state index contributed by atoms with van der Waals surface area (Å²) in [6, 6.07) is 17.0. The van der Waals surface area contributed by atoms with Gasteiger partial charge in [-0.05, 0) is 80.2 Å². The van der Waals surface area contributed by atoms with E-state index in [1.165, 1.54) is 5.56 Å². The maximum Gasteiger partial charge on any atom is 0.319 e. The fraction of sp³-hybridized carbons (Fsp3) is 0.391. The van der Waals surface area contributed by atoms with Gasteiger partial charge in [0.25, 0.3) is 0 Å². The van der Waals surface area contributed by atoms with Crippen molar-refractivity contribution >= 4 is 11.7 Å². The predicted octanol–water partition coefficient (Wildman–Crippen LogP) is 3.64. The Balaban J connectivity index is 1.34. The molecular formula is C23H28N4O2. The maximum absolute atomic E-state index is 12.1. The molecule has 0 radical (unpaired) electrons. The van der Waals surface area contributed by atoms with Crippen LogP contribution in [0.4, 0.5) is 10.5 Å². The first-order valence-corrected chi connectivity index (χ1v) is 10.1. The summed E-state index contributed by atoms with van der Waals surface area (Å²) in [6.07, 6.45) is 3.21. The van der Waals surface area contributed by atoms with Crippen LogP contribution in [-0.4, -0.2) is 44.2 Å². The van der Waals surface area contributed by atoms with E-state index in [2.05, 4.69) is 33.7 Å². The number of carbonyl (C=O) groups is 1. The largest absolute Gasteiger partial charge is 0.497 e. The molecule has 0 atom stereocenters. The Bertz CT molecular complexity index is 837. The third kappa shape index (κ3) is 6.51. The summed E-state index contributed by atoms with van der Waals surface area (Å²) in [5.41, 5.74) is 2.57. The lowest BCUT2D eigenvalue weighted by atomic mass is 9.96. The van der Waals surface area contributed by atoms with Crippen LogP contribution in [0.3, 0.4) is 0 Å². The second-order valence-corrected chi connectivity index (χ2v) is 7.41. The number of likely N-dealkylation sites (tertiary alicyclic amines) is 1. The number of anilines is 1. The van der Waals surface area contributed by atoms with Crippen molar-refractivity contribution in [1.82, 2.24) is 10.2 Å². The minimum atomic E-state index is -0.199. The SMILES string of the molecule is COc1cccc(CCN2CCC(CNC(=O)Nc3ccc(C#N)cc3)CC2)c1. The number of nitrogens with one attached hydrogen (secondary N) is 2. The van der Waals surface area contributed by atoms with Crippen molar-refractivity contribution < 1.29 is 9.53 Å². The van der Waals surface area contributed by atoms with Crippen molar-refractivity contribution in [2.45, 2.75) is 19.3 Å². The molecule has 1 saturated heterocycles. The van der Waals surface area contributed by atoms with E-state index < -0.39 is 0 Å². The molecule has 152 valence electrons. The van der Waals surface area contributed by atoms with Crippen molar-refractivity contribution in [2.75, 3.05) is 38.6 Å². The second kappa shape index (κ2) is 10.5. The van der Waals surface area contributed by atoms with Gasteiger partial charge in [-0.15, -0.1) is 0 Å². The summed E-state index contributed by atoms with van der Waals surface area (Å²) in [5, 5.41) is 14.6. The van der Waals surface area contributed by atoms with Gasteiger partial charge in [0.1, 0.15) is 5.75 Å². The van der Waals surface area contributed by atoms with Crippen LogP contribution >= 0.6 is 0 Å². The minimum Gasteiger partial charge on any atom is -0.497 e. The first-order valence-electron chi connectivity index (χ1n) is 10.1. The molecule has 1 heterocycles. The lowest BCUT2D eigenvalue weighted by molar-refractivity contribution is 0.184. The third-order valence-electron chi connectivity index (χ3n) is 5.38. The Kier molecular flexibility index (Phi) is 7.48. The van der Waals surface area contributed by atoms with Gasteiger partial charge < -0.3 is 20.3 Å². The number of urea groups is 1. The summed E-state index contributed by atoms with van der Waals surface area (Å²) in [6.45, 7) is 3.86. The number of amides is 2. The molecule has 6 heteroatoms. The number of ether oxygens (including phenoxy) is 1. The third-order valence-corrected chi connectivity index (χ3v) is 5.38. The molecule has 0 unspecified atom stereocenters. The van der Waals surface area contributed by atoms with Gasteiger partial charge >= 0.3 is 6.03 Å². The van der Waals surface area contributed by atoms with E-state index in [1.807, 2.05) is 12.1 Å². The monoisotopic (exact) mass is 392 g/mol. The van der Waals surface area contributed by atoms with Crippen LogP contribution < -0.4 is 15.4 Å². The van der Waals surface area contributed by atoms with Crippen LogP contribution in [0.5, 0.6) is 5.75 Å². The number of nitriles is 1. The number of rotatable bonds is 7. The van der Waals surface area contributed by atoms with E-state index >= 15 is 0 Å². The molecular weight excluding hydrogens is 364 g/mol. The topological polar surface area (TPSA) is 77.4 Å². The van der Waals surface area contributed by atoms with E-state index in [1.54, 1.807) is 31.4 Å². The summed E-state index contributed by atoms with van der Waals surface area (Å²) < 4.78 is 5.29. The van der Waals surface area contributed by atoms with Gasteiger partial charge in [0, 0.05) is 18.8 Å². The van der Waals surface area contributed by atoms with Gasteiger partial charge in [-0.25, -0.2) is 4.79 Å². The Hall–Kier alpha value is -3.04. The quantitative estimate of drug-likeness (QED) is 0.754. The molecule has 1 fully saturated rings. The molecule has 3 rings (SSSR count). The van der Waals surface area contributed by atoms with Gasteiger partial charge in [0.05, 0.1) is 18.7 Å². The van der Waals surface area contributed by atoms with Crippen LogP contribution in [0.2, 0.25) is 0 Å². The van der Waals surface area contributed by atoms with Gasteiger partial charge in [-0.3, -0.25) is 0 Å². The molecule has 0 aliphatic carbocycles. The molecule has 1 aliphatic rings. The van der Waals surface area contributed by atoms with Gasteiger partial charge in [-0.1, -0.05) is 12.1 Å². The Morgan fingerprint density at radius 1 is 1.21 bits per heavy atom. The summed E-state index contributed by atoms with van der Waals surface area (Å²) in [5.74, 6) is 1.42. The summed E-state index contributed by atoms with van der Waals surface area (Å²) in [4.78, 5) is 14.6. The lowest BCUT2D eigenvalue weighted by Gasteiger charge is -2.32. The minimum absolute atomic E-state index is 0.199. The molecule has 0 aromatic heterocycles. The summed E-state index contributed by atoms with van der Waals surface area (Å²) >= 11 is 0. The average molecular weight is 393 g/mol. The molecule has 2 aromatic rings. The molecule has 2 aromatic carbocycles. The Morgan fingerprint density at radius 2 is 1.97 bits per heavy atom. The van der Waals surface area contributed by atoms with Gasteiger partial charge in [-0.2, -0.15) is 5.26 Å². The highest BCUT2D eigenvalue weighted by atomic mass is 16.5. The number of hydrogen-bond donors (Lipinski definition) is 2. The van der Waals surface area contributed by atoms with Crippen LogP contribution in [0.25, 0.3) is 0 Å². The molecule has 2 amide bonds. The van der Waals surface area contributed by atoms with E-state index in [0.29, 0.717) is 23.7 Å². The van der Waals surface area contributed by atoms with Crippen molar-refractivity contribution in [3.05, 3.63) is 59.7 Å². The van der Waals surface area contributed by atoms with Crippen LogP contribution in [0, 0.1) is 17.2 Å². The van der Waals surface area contributed by atoms with E-state index in [9.17, 15) is 4.79 Å². The highest BCUT2D eigenvalue weighted by molar-refractivity contribution is 5.89. The van der Waals surface area contributed by atoms with Crippen molar-refractivity contribution in [2.24, 2.45) is 5.92 Å². The molecule has 29 heavy (non-hydrogen) atoms. The standard InChI is InChI=1S/C23H28N4O2/c1-29-22-4-2-3-18(15-22)9-12-27-13-10-20(11-14-27)17-25-23(28)26-21-7-5-19(16-24)6-8-21/h2-8,15,20H,9-14,17H2,1H3,(H2,25,26,28). The van der Waals surface area contributed by atoms with E-state index in [-0.39, 0.29) is 6.03 Å². The predicted molar refractivity (Wildman–Crippen MR) is 114 cm³/mol. The Labute approximate surface area is 172 Å². The van der Waals surface area contributed by atoms with E-state index in [4.69, 9.17) is 10.00 Å². The number of carbonyl (C=O) groups excluding carboxylic acids is 1. The first kappa shape index (κ1) is 20.7. The highest BCUT2D eigenvalue weighted by Crippen LogP contribution is 2.18. The van der Waals surface area contributed by atoms with Crippen molar-refractivity contribution in [1.29, 1.82) is 5.26 Å². The number of hydrogen-bond acceptors (Lipinski definition) is 4. The molecule has 6 nitrogen and oxygen atoms in total. The van der Waals surface area contributed by atoms with E-state index in [0.717, 1.165) is 44.6 Å². The summed E-state index contributed by atoms with van der Waals surface area (Å²) in [7, 11) is 1.70. The number of methoxy groups -OCH3 is 1. The maximum atomic E-state index is 12.1. The molecule has 2 N–H and O–H groups in total. The zero-order chi connectivity index (χ0) is 20.5. The molecule has 0 bridgehead atoms. The Morgan fingerprint density at radius 3 is 2.66 bits per heavy atom. The second-order valence-electron chi connectivity index (χ2n) is 7.41. The fourth-order valence-electron chi connectivity index (χ4n) is 3.57. The zero-order valence-corrected chi connectivity index (χ0v) is 16.9. The average Bonchev–Trinajstić information content (AvgIpc) is 2.77. The van der Waals surface area contributed by atoms with Crippen LogP contribution in [0.15, 0.2) is 48.5 Å². The van der Waals surface area contributed by atoms with Crippen molar-refractivity contribution in [3.63, 3.8) is 0 Å². The van der Waals surface area contributed by atoms with Crippen LogP contribution in [-0.2, 0) is 6.42 Å². The zero-order valence-electron chi connectivity index (χ0n) is 16.9. The number of benzene rings is 2. The normalized spacial score (nSPS) is 14.8. The fourth-order valence-corrected chi connectivity index (χ4v) is 3.57. The smallest absolute Gasteiger partial charge is 0.319 e. The van der Waals surface area contributed by atoms with Gasteiger partial charge in [0.15, 0.2) is 0 Å². The lowest BCUT2D eigenvalue weighted by Crippen LogP contribution is -2.40. The molecule has 1 aliphatic heterocycles. The highest BCUT2D eigenvalue weighted by Gasteiger charge is 2.19. The van der Waals surface area contributed by atoms with Crippen LogP contribution in [0.1, 0.15) is 24.0 Å². The molecule has 0 spiro atoms. The number of piperidine rings is 1. The van der Waals surface area contributed by atoms with Crippen molar-refractivity contribution in [3.8, 4) is 11.8 Å². The molecule has 0 saturated carbocycles. The first-order chi connectivity index (χ1) is 14.2.